The van der Waals surface area contributed by atoms with Crippen LogP contribution in [0.2, 0.25) is 0 Å². The van der Waals surface area contributed by atoms with Crippen LogP contribution in [0.25, 0.3) is 22.2 Å². The molecule has 4 rings (SSSR count). The molecule has 0 saturated carbocycles. The summed E-state index contributed by atoms with van der Waals surface area (Å²) in [5.41, 5.74) is 4.90. The predicted molar refractivity (Wildman–Crippen MR) is 108 cm³/mol. The van der Waals surface area contributed by atoms with Crippen molar-refractivity contribution in [2.75, 3.05) is 41.5 Å². The summed E-state index contributed by atoms with van der Waals surface area (Å²) in [6.07, 6.45) is 0. The van der Waals surface area contributed by atoms with E-state index >= 15 is 0 Å². The van der Waals surface area contributed by atoms with Crippen LogP contribution in [0.15, 0.2) is 35.5 Å². The lowest BCUT2D eigenvalue weighted by molar-refractivity contribution is 0.261. The van der Waals surface area contributed by atoms with E-state index < -0.39 is 0 Å². The van der Waals surface area contributed by atoms with E-state index in [1.165, 1.54) is 0 Å². The third-order valence-electron chi connectivity index (χ3n) is 4.96. The van der Waals surface area contributed by atoms with E-state index in [2.05, 4.69) is 15.0 Å². The standard InChI is InChI=1S/C21H23N3O4/c1-24(2)7-8-28-12-5-6-16-15(9-12)19-20(22-16)13-10-17(26-3)18(27-4)11-14(13)21(19)23-25/h5-6,9-11,22,25H,7-8H2,1-4H3. The molecule has 0 fully saturated rings. The van der Waals surface area contributed by atoms with Crippen molar-refractivity contribution in [3.8, 4) is 28.5 Å². The van der Waals surface area contributed by atoms with Crippen LogP contribution in [0.5, 0.6) is 17.2 Å². The van der Waals surface area contributed by atoms with E-state index in [9.17, 15) is 5.21 Å². The number of ether oxygens (including phenoxy) is 3. The van der Waals surface area contributed by atoms with Gasteiger partial charge in [-0.15, -0.1) is 0 Å². The van der Waals surface area contributed by atoms with Gasteiger partial charge in [0.1, 0.15) is 18.1 Å². The molecule has 146 valence electrons. The predicted octanol–water partition coefficient (Wildman–Crippen LogP) is 3.33. The quantitative estimate of drug-likeness (QED) is 0.396. The fourth-order valence-corrected chi connectivity index (χ4v) is 3.58. The Bertz CT molecular complexity index is 1070. The van der Waals surface area contributed by atoms with Crippen LogP contribution in [-0.2, 0) is 0 Å². The second-order valence-corrected chi connectivity index (χ2v) is 6.94. The zero-order chi connectivity index (χ0) is 19.8. The van der Waals surface area contributed by atoms with Crippen molar-refractivity contribution in [1.29, 1.82) is 0 Å². The molecule has 0 amide bonds. The van der Waals surface area contributed by atoms with Gasteiger partial charge in [0.2, 0.25) is 0 Å². The fourth-order valence-electron chi connectivity index (χ4n) is 3.58. The number of rotatable bonds is 6. The molecule has 2 aromatic carbocycles. The van der Waals surface area contributed by atoms with Crippen molar-refractivity contribution < 1.29 is 19.4 Å². The molecule has 1 heterocycles. The minimum Gasteiger partial charge on any atom is -0.493 e. The number of oxime groups is 1. The maximum atomic E-state index is 9.76. The summed E-state index contributed by atoms with van der Waals surface area (Å²) in [4.78, 5) is 5.50. The number of hydrogen-bond donors (Lipinski definition) is 2. The summed E-state index contributed by atoms with van der Waals surface area (Å²) in [5, 5.41) is 14.3. The van der Waals surface area contributed by atoms with Crippen molar-refractivity contribution in [3.63, 3.8) is 0 Å². The summed E-state index contributed by atoms with van der Waals surface area (Å²) < 4.78 is 16.7. The molecule has 0 aliphatic heterocycles. The number of hydrogen-bond acceptors (Lipinski definition) is 6. The van der Waals surface area contributed by atoms with Gasteiger partial charge in [-0.25, -0.2) is 0 Å². The average molecular weight is 381 g/mol. The summed E-state index contributed by atoms with van der Waals surface area (Å²) in [5.74, 6) is 1.99. The van der Waals surface area contributed by atoms with E-state index in [1.54, 1.807) is 14.2 Å². The Labute approximate surface area is 163 Å². The third-order valence-corrected chi connectivity index (χ3v) is 4.96. The van der Waals surface area contributed by atoms with Crippen LogP contribution in [-0.4, -0.2) is 62.3 Å². The Kier molecular flexibility index (Phi) is 4.60. The van der Waals surface area contributed by atoms with Gasteiger partial charge in [-0.3, -0.25) is 0 Å². The zero-order valence-corrected chi connectivity index (χ0v) is 16.4. The highest BCUT2D eigenvalue weighted by molar-refractivity contribution is 6.30. The molecule has 1 aliphatic rings. The Morgan fingerprint density at radius 3 is 2.39 bits per heavy atom. The second kappa shape index (κ2) is 7.09. The first kappa shape index (κ1) is 18.2. The van der Waals surface area contributed by atoms with E-state index in [0.29, 0.717) is 23.8 Å². The molecule has 1 aliphatic carbocycles. The van der Waals surface area contributed by atoms with Gasteiger partial charge in [-0.2, -0.15) is 0 Å². The molecular formula is C21H23N3O4. The first-order valence-corrected chi connectivity index (χ1v) is 8.99. The Morgan fingerprint density at radius 2 is 1.75 bits per heavy atom. The lowest BCUT2D eigenvalue weighted by Crippen LogP contribution is -2.19. The van der Waals surface area contributed by atoms with Crippen molar-refractivity contribution >= 4 is 16.6 Å². The maximum Gasteiger partial charge on any atom is 0.161 e. The summed E-state index contributed by atoms with van der Waals surface area (Å²) >= 11 is 0. The average Bonchev–Trinajstić information content (AvgIpc) is 3.20. The summed E-state index contributed by atoms with van der Waals surface area (Å²) in [6, 6.07) is 9.63. The molecule has 2 N–H and O–H groups in total. The Morgan fingerprint density at radius 1 is 1.04 bits per heavy atom. The molecule has 0 atom stereocenters. The van der Waals surface area contributed by atoms with Crippen LogP contribution in [0.3, 0.4) is 0 Å². The Balaban J connectivity index is 1.82. The van der Waals surface area contributed by atoms with Gasteiger partial charge in [-0.1, -0.05) is 5.16 Å². The molecule has 0 saturated heterocycles. The molecule has 7 heteroatoms. The number of nitrogens with one attached hydrogen (secondary N) is 1. The number of benzene rings is 2. The van der Waals surface area contributed by atoms with Gasteiger partial charge in [-0.05, 0) is 44.4 Å². The lowest BCUT2D eigenvalue weighted by Gasteiger charge is -2.11. The highest BCUT2D eigenvalue weighted by atomic mass is 16.5. The van der Waals surface area contributed by atoms with Gasteiger partial charge in [0.05, 0.1) is 19.9 Å². The van der Waals surface area contributed by atoms with Gasteiger partial charge >= 0.3 is 0 Å². The van der Waals surface area contributed by atoms with Crippen LogP contribution < -0.4 is 14.2 Å². The number of likely N-dealkylation sites (N-methyl/N-ethyl adjacent to an activating group) is 1. The van der Waals surface area contributed by atoms with Gasteiger partial charge < -0.3 is 29.3 Å². The molecule has 3 aromatic rings. The summed E-state index contributed by atoms with van der Waals surface area (Å²) in [6.45, 7) is 1.43. The van der Waals surface area contributed by atoms with Crippen molar-refractivity contribution in [2.45, 2.75) is 0 Å². The first-order chi connectivity index (χ1) is 13.6. The second-order valence-electron chi connectivity index (χ2n) is 6.94. The van der Waals surface area contributed by atoms with Gasteiger partial charge in [0.25, 0.3) is 0 Å². The number of fused-ring (bicyclic) bond motifs is 5. The normalized spacial score (nSPS) is 13.8. The minimum absolute atomic E-state index is 0.502. The number of aromatic nitrogens is 1. The monoisotopic (exact) mass is 381 g/mol. The number of H-pyrrole nitrogens is 1. The molecule has 0 radical (unpaired) electrons. The van der Waals surface area contributed by atoms with Crippen LogP contribution in [0.4, 0.5) is 0 Å². The molecule has 7 nitrogen and oxygen atoms in total. The van der Waals surface area contributed by atoms with E-state index in [0.717, 1.165) is 45.6 Å². The molecule has 0 unspecified atom stereocenters. The molecular weight excluding hydrogens is 358 g/mol. The van der Waals surface area contributed by atoms with Gasteiger partial charge in [0.15, 0.2) is 11.5 Å². The number of aromatic amines is 1. The molecule has 28 heavy (non-hydrogen) atoms. The zero-order valence-electron chi connectivity index (χ0n) is 16.4. The van der Waals surface area contributed by atoms with Crippen molar-refractivity contribution in [2.24, 2.45) is 5.16 Å². The SMILES string of the molecule is COc1cc2c(cc1OC)-c1[nH]c3ccc(OCCN(C)C)cc3c1C2=NO. The Hall–Kier alpha value is -3.19. The maximum absolute atomic E-state index is 9.76. The van der Waals surface area contributed by atoms with Crippen LogP contribution in [0, 0.1) is 0 Å². The van der Waals surface area contributed by atoms with E-state index in [4.69, 9.17) is 14.2 Å². The number of nitrogens with zero attached hydrogens (tertiary/aromatic N) is 2. The van der Waals surface area contributed by atoms with E-state index in [-0.39, 0.29) is 0 Å². The molecule has 0 spiro atoms. The highest BCUT2D eigenvalue weighted by Crippen LogP contribution is 2.45. The van der Waals surface area contributed by atoms with Crippen molar-refractivity contribution in [3.05, 3.63) is 41.5 Å². The number of methoxy groups -OCH3 is 2. The lowest BCUT2D eigenvalue weighted by atomic mass is 10.1. The first-order valence-electron chi connectivity index (χ1n) is 8.99. The van der Waals surface area contributed by atoms with Crippen molar-refractivity contribution in [1.82, 2.24) is 9.88 Å². The van der Waals surface area contributed by atoms with E-state index in [1.807, 2.05) is 44.4 Å². The largest absolute Gasteiger partial charge is 0.493 e. The minimum atomic E-state index is 0.502. The van der Waals surface area contributed by atoms with Crippen LogP contribution >= 0.6 is 0 Å². The highest BCUT2D eigenvalue weighted by Gasteiger charge is 2.31. The smallest absolute Gasteiger partial charge is 0.161 e. The fraction of sp³-hybridized carbons (Fsp3) is 0.286. The molecule has 1 aromatic heterocycles. The van der Waals surface area contributed by atoms with Gasteiger partial charge in [0, 0.05) is 34.1 Å². The molecule has 0 bridgehead atoms. The third kappa shape index (κ3) is 2.84. The topological polar surface area (TPSA) is 79.3 Å². The van der Waals surface area contributed by atoms with Crippen LogP contribution in [0.1, 0.15) is 11.1 Å². The summed E-state index contributed by atoms with van der Waals surface area (Å²) in [7, 11) is 7.20.